The van der Waals surface area contributed by atoms with Gasteiger partial charge in [0.2, 0.25) is 5.71 Å². The normalized spacial score (nSPS) is 8.12. The molecule has 6 heteroatoms. The Morgan fingerprint density at radius 2 is 1.94 bits per heavy atom. The van der Waals surface area contributed by atoms with Gasteiger partial charge in [0.1, 0.15) is 12.1 Å². The Bertz CT molecular complexity index is 540. The van der Waals surface area contributed by atoms with Crippen LogP contribution in [0, 0.1) is 34.0 Å². The van der Waals surface area contributed by atoms with Crippen LogP contribution < -0.4 is 5.43 Å². The van der Waals surface area contributed by atoms with Crippen LogP contribution in [-0.4, -0.2) is 5.71 Å². The van der Waals surface area contributed by atoms with Crippen molar-refractivity contribution < 1.29 is 0 Å². The van der Waals surface area contributed by atoms with Gasteiger partial charge in [-0.15, -0.1) is 0 Å². The van der Waals surface area contributed by atoms with Gasteiger partial charge in [0, 0.05) is 0 Å². The molecular formula is C10H4ClN5. The second-order valence-electron chi connectivity index (χ2n) is 2.60. The lowest BCUT2D eigenvalue weighted by molar-refractivity contribution is 1.33. The summed E-state index contributed by atoms with van der Waals surface area (Å²) in [5, 5.41) is 29.4. The lowest BCUT2D eigenvalue weighted by Gasteiger charge is -2.02. The Morgan fingerprint density at radius 3 is 2.50 bits per heavy atom. The monoisotopic (exact) mass is 229 g/mol. The molecule has 0 unspecified atom stereocenters. The van der Waals surface area contributed by atoms with Crippen LogP contribution >= 0.6 is 11.6 Å². The van der Waals surface area contributed by atoms with Gasteiger partial charge >= 0.3 is 0 Å². The molecule has 1 aromatic carbocycles. The van der Waals surface area contributed by atoms with Crippen LogP contribution in [0.15, 0.2) is 23.3 Å². The largest absolute Gasteiger partial charge is 0.275 e. The summed E-state index contributed by atoms with van der Waals surface area (Å²) in [6.45, 7) is 0. The maximum atomic E-state index is 8.66. The number of nitrogens with zero attached hydrogens (tertiary/aromatic N) is 4. The van der Waals surface area contributed by atoms with E-state index in [1.165, 1.54) is 12.1 Å². The molecule has 5 nitrogen and oxygen atoms in total. The zero-order valence-electron chi connectivity index (χ0n) is 7.90. The molecule has 1 rings (SSSR count). The van der Waals surface area contributed by atoms with Crippen LogP contribution in [0.2, 0.25) is 5.02 Å². The lowest BCUT2D eigenvalue weighted by Crippen LogP contribution is -1.97. The van der Waals surface area contributed by atoms with Crippen molar-refractivity contribution in [3.63, 3.8) is 0 Å². The van der Waals surface area contributed by atoms with Crippen molar-refractivity contribution in [2.45, 2.75) is 0 Å². The average molecular weight is 230 g/mol. The van der Waals surface area contributed by atoms with Gasteiger partial charge in [-0.25, -0.2) is 0 Å². The van der Waals surface area contributed by atoms with E-state index < -0.39 is 0 Å². The molecule has 0 aromatic heterocycles. The number of halogens is 1. The molecule has 0 aliphatic rings. The summed E-state index contributed by atoms with van der Waals surface area (Å²) in [5.74, 6) is 0. The van der Waals surface area contributed by atoms with E-state index in [2.05, 4.69) is 10.5 Å². The van der Waals surface area contributed by atoms with E-state index >= 15 is 0 Å². The summed E-state index contributed by atoms with van der Waals surface area (Å²) >= 11 is 5.82. The van der Waals surface area contributed by atoms with Crippen LogP contribution in [0.1, 0.15) is 5.56 Å². The minimum Gasteiger partial charge on any atom is -0.275 e. The summed E-state index contributed by atoms with van der Waals surface area (Å²) in [4.78, 5) is 0. The molecule has 0 aliphatic carbocycles. The molecule has 0 amide bonds. The average Bonchev–Trinajstić information content (AvgIpc) is 2.32. The molecule has 1 aromatic rings. The van der Waals surface area contributed by atoms with Crippen molar-refractivity contribution in [1.82, 2.24) is 0 Å². The summed E-state index contributed by atoms with van der Waals surface area (Å²) in [7, 11) is 0. The van der Waals surface area contributed by atoms with Gasteiger partial charge in [-0.05, 0) is 18.2 Å². The highest BCUT2D eigenvalue weighted by Crippen LogP contribution is 2.22. The predicted molar refractivity (Wildman–Crippen MR) is 58.5 cm³/mol. The van der Waals surface area contributed by atoms with E-state index in [4.69, 9.17) is 27.4 Å². The number of nitriles is 3. The molecule has 16 heavy (non-hydrogen) atoms. The van der Waals surface area contributed by atoms with E-state index in [1.54, 1.807) is 18.2 Å². The fourth-order valence-corrected chi connectivity index (χ4v) is 1.03. The number of rotatable bonds is 2. The van der Waals surface area contributed by atoms with Crippen LogP contribution in [0.5, 0.6) is 0 Å². The second-order valence-corrected chi connectivity index (χ2v) is 3.01. The first-order valence-corrected chi connectivity index (χ1v) is 4.42. The van der Waals surface area contributed by atoms with Gasteiger partial charge in [-0.3, -0.25) is 5.43 Å². The number of hydrazone groups is 1. The molecule has 76 valence electrons. The Hall–Kier alpha value is -2.55. The molecule has 0 saturated carbocycles. The molecule has 0 heterocycles. The zero-order chi connectivity index (χ0) is 12.0. The molecule has 0 saturated heterocycles. The molecule has 0 fully saturated rings. The van der Waals surface area contributed by atoms with E-state index in [0.717, 1.165) is 0 Å². The van der Waals surface area contributed by atoms with Crippen LogP contribution in [0.4, 0.5) is 5.69 Å². The first-order valence-electron chi connectivity index (χ1n) is 4.05. The van der Waals surface area contributed by atoms with Gasteiger partial charge < -0.3 is 0 Å². The van der Waals surface area contributed by atoms with Crippen molar-refractivity contribution >= 4 is 23.0 Å². The molecular weight excluding hydrogens is 226 g/mol. The van der Waals surface area contributed by atoms with Crippen LogP contribution in [0.25, 0.3) is 0 Å². The maximum absolute atomic E-state index is 8.66. The highest BCUT2D eigenvalue weighted by atomic mass is 35.5. The lowest BCUT2D eigenvalue weighted by atomic mass is 10.2. The number of anilines is 1. The minimum atomic E-state index is -0.321. The van der Waals surface area contributed by atoms with Gasteiger partial charge in [0.05, 0.1) is 22.3 Å². The van der Waals surface area contributed by atoms with E-state index in [0.29, 0.717) is 16.3 Å². The molecule has 0 radical (unpaired) electrons. The Morgan fingerprint density at radius 1 is 1.25 bits per heavy atom. The highest BCUT2D eigenvalue weighted by Gasteiger charge is 2.01. The predicted octanol–water partition coefficient (Wildman–Crippen LogP) is 2.03. The Balaban J connectivity index is 3.00. The number of nitrogens with one attached hydrogen (secondary N) is 1. The smallest absolute Gasteiger partial charge is 0.237 e. The summed E-state index contributed by atoms with van der Waals surface area (Å²) in [6, 6.07) is 9.65. The molecule has 0 spiro atoms. The van der Waals surface area contributed by atoms with Gasteiger partial charge in [0.25, 0.3) is 0 Å². The summed E-state index contributed by atoms with van der Waals surface area (Å²) in [5.41, 5.74) is 2.89. The van der Waals surface area contributed by atoms with Crippen molar-refractivity contribution in [2.24, 2.45) is 5.10 Å². The van der Waals surface area contributed by atoms with Gasteiger partial charge in [-0.2, -0.15) is 20.9 Å². The number of hydrogen-bond donors (Lipinski definition) is 1. The van der Waals surface area contributed by atoms with Crippen molar-refractivity contribution in [1.29, 1.82) is 15.8 Å². The third-order valence-electron chi connectivity index (χ3n) is 1.60. The topological polar surface area (TPSA) is 95.8 Å². The highest BCUT2D eigenvalue weighted by molar-refractivity contribution is 6.33. The third kappa shape index (κ3) is 2.72. The number of benzene rings is 1. The Labute approximate surface area is 96.8 Å². The zero-order valence-corrected chi connectivity index (χ0v) is 8.65. The van der Waals surface area contributed by atoms with Crippen molar-refractivity contribution in [3.8, 4) is 18.2 Å². The maximum Gasteiger partial charge on any atom is 0.237 e. The Kier molecular flexibility index (Phi) is 3.86. The standard InChI is InChI=1S/C10H4ClN5/c11-9-2-1-7(4-12)3-10(9)16-15-8(5-13)6-14/h1-3,16H. The summed E-state index contributed by atoms with van der Waals surface area (Å²) in [6.07, 6.45) is 0. The van der Waals surface area contributed by atoms with Gasteiger partial charge in [0.15, 0.2) is 0 Å². The van der Waals surface area contributed by atoms with E-state index in [1.807, 2.05) is 6.07 Å². The van der Waals surface area contributed by atoms with Crippen LogP contribution in [0.3, 0.4) is 0 Å². The van der Waals surface area contributed by atoms with Crippen LogP contribution in [-0.2, 0) is 0 Å². The minimum absolute atomic E-state index is 0.321. The van der Waals surface area contributed by atoms with E-state index in [9.17, 15) is 0 Å². The molecule has 0 atom stereocenters. The fourth-order valence-electron chi connectivity index (χ4n) is 0.872. The SMILES string of the molecule is N#CC(C#N)=NNc1cc(C#N)ccc1Cl. The second kappa shape index (κ2) is 5.36. The van der Waals surface area contributed by atoms with E-state index in [-0.39, 0.29) is 5.71 Å². The van der Waals surface area contributed by atoms with Crippen molar-refractivity contribution in [3.05, 3.63) is 28.8 Å². The fraction of sp³-hybridized carbons (Fsp3) is 0. The quantitative estimate of drug-likeness (QED) is 0.620. The molecule has 1 N–H and O–H groups in total. The first-order chi connectivity index (χ1) is 7.71. The first kappa shape index (κ1) is 11.5. The third-order valence-corrected chi connectivity index (χ3v) is 1.93. The van der Waals surface area contributed by atoms with Gasteiger partial charge in [-0.1, -0.05) is 11.6 Å². The number of hydrogen-bond acceptors (Lipinski definition) is 5. The molecule has 0 bridgehead atoms. The summed E-state index contributed by atoms with van der Waals surface area (Å²) < 4.78 is 0. The van der Waals surface area contributed by atoms with Crippen molar-refractivity contribution in [2.75, 3.05) is 5.43 Å². The molecule has 0 aliphatic heterocycles.